The van der Waals surface area contributed by atoms with Gasteiger partial charge in [0.2, 0.25) is 0 Å². The first kappa shape index (κ1) is 15.9. The van der Waals surface area contributed by atoms with E-state index in [0.717, 1.165) is 0 Å². The molecule has 1 aromatic rings. The molecule has 2 rings (SSSR count). The molecule has 0 aliphatic carbocycles. The molecule has 1 saturated heterocycles. The molecule has 21 heavy (non-hydrogen) atoms. The van der Waals surface area contributed by atoms with E-state index in [-0.39, 0.29) is 22.6 Å². The molecule has 0 amide bonds. The van der Waals surface area contributed by atoms with Gasteiger partial charge in [0.1, 0.15) is 17.2 Å². The Labute approximate surface area is 124 Å². The molecule has 1 aliphatic rings. The van der Waals surface area contributed by atoms with Gasteiger partial charge in [0.05, 0.1) is 16.8 Å². The highest BCUT2D eigenvalue weighted by Gasteiger charge is 2.53. The predicted molar refractivity (Wildman–Crippen MR) is 79.6 cm³/mol. The average molecular weight is 294 g/mol. The second-order valence-corrected chi connectivity index (χ2v) is 6.23. The first-order valence-corrected chi connectivity index (χ1v) is 6.80. The largest absolute Gasteiger partial charge is 0.525 e. The quantitative estimate of drug-likeness (QED) is 0.820. The third-order valence-corrected chi connectivity index (χ3v) is 4.21. The van der Waals surface area contributed by atoms with Crippen LogP contribution in [0, 0.1) is 0 Å². The van der Waals surface area contributed by atoms with Gasteiger partial charge in [-0.2, -0.15) is 0 Å². The number of rotatable bonds is 2. The van der Waals surface area contributed by atoms with Crippen LogP contribution in [0.25, 0.3) is 5.57 Å². The lowest BCUT2D eigenvalue weighted by Crippen LogP contribution is -2.41. The Morgan fingerprint density at radius 1 is 1.05 bits per heavy atom. The molecule has 0 unspecified atom stereocenters. The molecule has 1 aliphatic heterocycles. The van der Waals surface area contributed by atoms with Crippen LogP contribution in [0.4, 0.5) is 4.39 Å². The van der Waals surface area contributed by atoms with Gasteiger partial charge in [-0.05, 0) is 52.3 Å². The van der Waals surface area contributed by atoms with Crippen molar-refractivity contribution in [2.75, 3.05) is 0 Å². The number of allylic oxidation sites excluding steroid dienone is 1. The Hall–Kier alpha value is -1.53. The van der Waals surface area contributed by atoms with Crippen LogP contribution in [0.5, 0.6) is 11.5 Å². The van der Waals surface area contributed by atoms with Crippen molar-refractivity contribution >= 4 is 12.7 Å². The summed E-state index contributed by atoms with van der Waals surface area (Å²) in [5.41, 5.74) is -1.84. The second-order valence-electron chi connectivity index (χ2n) is 6.23. The molecule has 114 valence electrons. The van der Waals surface area contributed by atoms with Gasteiger partial charge < -0.3 is 19.5 Å². The first-order chi connectivity index (χ1) is 9.57. The molecule has 0 bridgehead atoms. The van der Waals surface area contributed by atoms with Gasteiger partial charge in [-0.15, -0.1) is 0 Å². The normalized spacial score (nSPS) is 21.3. The number of benzene rings is 1. The van der Waals surface area contributed by atoms with Gasteiger partial charge in [-0.1, -0.05) is 6.07 Å². The Bertz CT molecular complexity index is 559. The third kappa shape index (κ3) is 2.65. The number of hydrogen-bond donors (Lipinski definition) is 2. The summed E-state index contributed by atoms with van der Waals surface area (Å²) in [4.78, 5) is 0. The van der Waals surface area contributed by atoms with E-state index in [0.29, 0.717) is 0 Å². The summed E-state index contributed by atoms with van der Waals surface area (Å²) in [7, 11) is -1.16. The predicted octanol–water partition coefficient (Wildman–Crippen LogP) is 3.43. The van der Waals surface area contributed by atoms with Crippen LogP contribution in [0.3, 0.4) is 0 Å². The fraction of sp³-hybridized carbons (Fsp3) is 0.467. The highest BCUT2D eigenvalue weighted by atomic mass is 19.1. The molecule has 0 radical (unpaired) electrons. The number of aromatic hydroxyl groups is 2. The molecule has 0 saturated carbocycles. The van der Waals surface area contributed by atoms with Crippen molar-refractivity contribution in [1.82, 2.24) is 0 Å². The smallest absolute Gasteiger partial charge is 0.507 e. The van der Waals surface area contributed by atoms with Gasteiger partial charge in [-0.3, -0.25) is 0 Å². The molecule has 2 N–H and O–H groups in total. The van der Waals surface area contributed by atoms with Gasteiger partial charge >= 0.3 is 7.12 Å². The highest BCUT2D eigenvalue weighted by Crippen LogP contribution is 2.42. The van der Waals surface area contributed by atoms with E-state index in [1.54, 1.807) is 0 Å². The van der Waals surface area contributed by atoms with Crippen LogP contribution in [-0.4, -0.2) is 28.5 Å². The maximum Gasteiger partial charge on any atom is 0.525 e. The maximum absolute atomic E-state index is 14.6. The van der Waals surface area contributed by atoms with E-state index in [2.05, 4.69) is 0 Å². The molecular weight excluding hydrogens is 274 g/mol. The Kier molecular flexibility index (Phi) is 3.80. The van der Waals surface area contributed by atoms with Crippen molar-refractivity contribution < 1.29 is 23.9 Å². The summed E-state index contributed by atoms with van der Waals surface area (Å²) in [6.07, 6.45) is 0. The van der Waals surface area contributed by atoms with Crippen molar-refractivity contribution in [2.45, 2.75) is 45.8 Å². The van der Waals surface area contributed by atoms with E-state index in [9.17, 15) is 14.6 Å². The zero-order valence-corrected chi connectivity index (χ0v) is 12.9. The lowest BCUT2D eigenvalue weighted by Gasteiger charge is -2.32. The zero-order chi connectivity index (χ0) is 16.0. The van der Waals surface area contributed by atoms with Gasteiger partial charge in [0.25, 0.3) is 0 Å². The van der Waals surface area contributed by atoms with Gasteiger partial charge in [0.15, 0.2) is 0 Å². The minimum absolute atomic E-state index is 0.0460. The van der Waals surface area contributed by atoms with Crippen molar-refractivity contribution in [2.24, 2.45) is 0 Å². The third-order valence-electron chi connectivity index (χ3n) is 4.21. The van der Waals surface area contributed by atoms with Crippen LogP contribution in [0.2, 0.25) is 0 Å². The molecule has 0 atom stereocenters. The van der Waals surface area contributed by atoms with Crippen LogP contribution in [-0.2, 0) is 9.31 Å². The number of phenolic OH excluding ortho intramolecular Hbond substituents is 2. The Morgan fingerprint density at radius 3 is 1.90 bits per heavy atom. The topological polar surface area (TPSA) is 58.9 Å². The summed E-state index contributed by atoms with van der Waals surface area (Å²) in [5.74, 6) is -0.390. The summed E-state index contributed by atoms with van der Waals surface area (Å²) in [6, 6.07) is 4.25. The van der Waals surface area contributed by atoms with E-state index >= 15 is 0 Å². The summed E-state index contributed by atoms with van der Waals surface area (Å²) >= 11 is 0. The standard InChI is InChI=1S/C15H20BFO4/c1-9(12-10(18)7-6-8-11(12)19)13(17)16-20-14(2,3)15(4,5)21-16/h6-8,18-19H,1-5H3. The number of phenols is 2. The minimum Gasteiger partial charge on any atom is -0.507 e. The van der Waals surface area contributed by atoms with Crippen molar-refractivity contribution in [3.63, 3.8) is 0 Å². The summed E-state index contributed by atoms with van der Waals surface area (Å²) < 4.78 is 25.9. The molecule has 0 aromatic heterocycles. The average Bonchev–Trinajstić information content (AvgIpc) is 2.57. The Morgan fingerprint density at radius 2 is 1.48 bits per heavy atom. The fourth-order valence-electron chi connectivity index (χ4n) is 2.16. The molecule has 4 nitrogen and oxygen atoms in total. The second kappa shape index (κ2) is 5.03. The van der Waals surface area contributed by atoms with Crippen molar-refractivity contribution in [3.05, 3.63) is 29.5 Å². The summed E-state index contributed by atoms with van der Waals surface area (Å²) in [6.45, 7) is 8.77. The lowest BCUT2D eigenvalue weighted by molar-refractivity contribution is 0.00578. The maximum atomic E-state index is 14.6. The number of hydrogen-bond acceptors (Lipinski definition) is 4. The molecule has 1 heterocycles. The molecule has 1 fully saturated rings. The number of halogens is 1. The van der Waals surface area contributed by atoms with Crippen LogP contribution in [0.15, 0.2) is 23.9 Å². The van der Waals surface area contributed by atoms with Crippen molar-refractivity contribution in [1.29, 1.82) is 0 Å². The highest BCUT2D eigenvalue weighted by molar-refractivity contribution is 6.55. The van der Waals surface area contributed by atoms with Crippen LogP contribution < -0.4 is 0 Å². The fourth-order valence-corrected chi connectivity index (χ4v) is 2.16. The zero-order valence-electron chi connectivity index (χ0n) is 12.9. The molecule has 6 heteroatoms. The van der Waals surface area contributed by atoms with E-state index in [4.69, 9.17) is 9.31 Å². The van der Waals surface area contributed by atoms with Crippen LogP contribution >= 0.6 is 0 Å². The van der Waals surface area contributed by atoms with Gasteiger partial charge in [0, 0.05) is 0 Å². The van der Waals surface area contributed by atoms with Crippen molar-refractivity contribution in [3.8, 4) is 11.5 Å². The monoisotopic (exact) mass is 294 g/mol. The SMILES string of the molecule is CC(=C(F)B1OC(C)(C)C(C)(C)O1)c1c(O)cccc1O. The lowest BCUT2D eigenvalue weighted by atomic mass is 9.83. The minimum atomic E-state index is -1.16. The van der Waals surface area contributed by atoms with E-state index in [1.165, 1.54) is 25.1 Å². The molecule has 1 aromatic carbocycles. The molecular formula is C15H20BFO4. The van der Waals surface area contributed by atoms with Crippen LogP contribution in [0.1, 0.15) is 40.2 Å². The first-order valence-electron chi connectivity index (χ1n) is 6.80. The van der Waals surface area contributed by atoms with Gasteiger partial charge in [-0.25, -0.2) is 4.39 Å². The van der Waals surface area contributed by atoms with E-state index < -0.39 is 24.0 Å². The van der Waals surface area contributed by atoms with E-state index in [1.807, 2.05) is 27.7 Å². The molecule has 0 spiro atoms. The summed E-state index contributed by atoms with van der Waals surface area (Å²) in [5, 5.41) is 19.6. The Balaban J connectivity index is 2.41.